The predicted molar refractivity (Wildman–Crippen MR) is 194 cm³/mol. The number of β-lactam (4-membered cyclic amide) rings is 1. The van der Waals surface area contributed by atoms with Gasteiger partial charge >= 0.3 is 5.97 Å². The molecule has 0 aliphatic carbocycles. The summed E-state index contributed by atoms with van der Waals surface area (Å²) in [5.41, 5.74) is -0.276. The van der Waals surface area contributed by atoms with Crippen LogP contribution in [0.1, 0.15) is 92.9 Å². The summed E-state index contributed by atoms with van der Waals surface area (Å²) in [6, 6.07) is 8.10. The number of hydrogen-bond acceptors (Lipinski definition) is 8. The van der Waals surface area contributed by atoms with E-state index in [4.69, 9.17) is 9.47 Å². The number of rotatable bonds is 18. The standard InChI is InChI=1S/C35H53N2O6PS2/c1-7-10-20-44(21-11-8-2,22-12-9-3)32(34(41)43-35(4,5)6)37-31(40)30(33(37)46-28(24-38)27-19-16-23-45-27)36-29(39)25-42-26-17-14-13-15-18-26/h13-15,17-18,27,30,33H,7-12,16,19-23,25H2,1-6H3,(H,36,39)/t27?,30-,33-/m1/s1. The van der Waals surface area contributed by atoms with E-state index in [1.54, 1.807) is 28.8 Å². The van der Waals surface area contributed by atoms with E-state index in [2.05, 4.69) is 32.0 Å². The number of nitrogens with zero attached hydrogens (tertiary/aromatic N) is 1. The second-order valence-electron chi connectivity index (χ2n) is 13.0. The molecule has 11 heteroatoms. The second-order valence-corrected chi connectivity index (χ2v) is 19.6. The van der Waals surface area contributed by atoms with Crippen LogP contribution in [0.2, 0.25) is 0 Å². The third kappa shape index (κ3) is 10.4. The number of esters is 1. The zero-order valence-corrected chi connectivity index (χ0v) is 31.0. The third-order valence-corrected chi connectivity index (χ3v) is 15.8. The molecule has 0 bridgehead atoms. The Morgan fingerprint density at radius 1 is 1.04 bits per heavy atom. The SMILES string of the molecule is CCCCP(CCCC)(CCCC)=C(C(=O)OC(C)(C)C)N1C(=O)[C@@H](NC(=O)COc2ccccc2)[C@H]1SC(=C=O)C1CCCS1. The van der Waals surface area contributed by atoms with Crippen molar-refractivity contribution in [2.45, 2.75) is 115 Å². The van der Waals surface area contributed by atoms with Crippen LogP contribution in [0.4, 0.5) is 0 Å². The molecule has 1 aromatic rings. The molecule has 1 aromatic carbocycles. The van der Waals surface area contributed by atoms with Gasteiger partial charge in [0.05, 0.1) is 4.91 Å². The fraction of sp³-hybridized carbons (Fsp3) is 0.657. The van der Waals surface area contributed by atoms with E-state index in [1.165, 1.54) is 11.8 Å². The lowest BCUT2D eigenvalue weighted by molar-refractivity contribution is -0.151. The zero-order chi connectivity index (χ0) is 33.7. The van der Waals surface area contributed by atoms with Gasteiger partial charge in [0.1, 0.15) is 34.1 Å². The van der Waals surface area contributed by atoms with Crippen LogP contribution in [0, 0.1) is 0 Å². The van der Waals surface area contributed by atoms with E-state index in [-0.39, 0.29) is 17.8 Å². The van der Waals surface area contributed by atoms with Crippen molar-refractivity contribution < 1.29 is 28.7 Å². The van der Waals surface area contributed by atoms with Gasteiger partial charge in [-0.1, -0.05) is 76.9 Å². The average Bonchev–Trinajstić information content (AvgIpc) is 3.57. The Morgan fingerprint density at radius 3 is 2.15 bits per heavy atom. The highest BCUT2D eigenvalue weighted by Crippen LogP contribution is 2.55. The number of nitrogens with one attached hydrogen (secondary N) is 1. The van der Waals surface area contributed by atoms with Crippen LogP contribution in [0.25, 0.3) is 0 Å². The Bertz CT molecular complexity index is 1260. The summed E-state index contributed by atoms with van der Waals surface area (Å²) >= 11 is 2.98. The quantitative estimate of drug-likeness (QED) is 0.0764. The van der Waals surface area contributed by atoms with Crippen LogP contribution >= 0.6 is 30.4 Å². The van der Waals surface area contributed by atoms with Crippen molar-refractivity contribution in [1.82, 2.24) is 10.2 Å². The number of benzene rings is 1. The number of ether oxygens (including phenoxy) is 2. The molecule has 2 saturated heterocycles. The Hall–Kier alpha value is -2.12. The molecule has 0 spiro atoms. The number of carbonyl (C=O) groups is 3. The number of likely N-dealkylation sites (tertiary alicyclic amines) is 1. The first-order chi connectivity index (χ1) is 22.0. The highest BCUT2D eigenvalue weighted by molar-refractivity contribution is 8.07. The molecular formula is C35H53N2O6PS2. The highest BCUT2D eigenvalue weighted by atomic mass is 32.2. The molecule has 1 unspecified atom stereocenters. The van der Waals surface area contributed by atoms with Crippen LogP contribution in [0.15, 0.2) is 35.2 Å². The fourth-order valence-electron chi connectivity index (χ4n) is 5.78. The first-order valence-electron chi connectivity index (χ1n) is 16.8. The maximum absolute atomic E-state index is 14.4. The van der Waals surface area contributed by atoms with Crippen molar-refractivity contribution in [3.05, 3.63) is 35.2 Å². The summed E-state index contributed by atoms with van der Waals surface area (Å²) < 4.78 is 11.7. The van der Waals surface area contributed by atoms with Gasteiger partial charge in [-0.05, 0) is 89.2 Å². The number of thioether (sulfide) groups is 2. The van der Waals surface area contributed by atoms with Crippen molar-refractivity contribution in [3.63, 3.8) is 0 Å². The van der Waals surface area contributed by atoms with Crippen LogP contribution < -0.4 is 10.1 Å². The number of para-hydroxylation sites is 1. The Kier molecular flexibility index (Phi) is 15.4. The van der Waals surface area contributed by atoms with Crippen molar-refractivity contribution in [2.24, 2.45) is 0 Å². The van der Waals surface area contributed by atoms with Gasteiger partial charge in [0.25, 0.3) is 11.8 Å². The van der Waals surface area contributed by atoms with E-state index in [0.717, 1.165) is 75.6 Å². The van der Waals surface area contributed by atoms with Gasteiger partial charge in [-0.3, -0.25) is 14.5 Å². The second kappa shape index (κ2) is 18.4. The molecular weight excluding hydrogens is 640 g/mol. The lowest BCUT2D eigenvalue weighted by Crippen LogP contribution is -2.72. The van der Waals surface area contributed by atoms with Gasteiger partial charge in [0, 0.05) is 5.25 Å². The molecule has 0 saturated carbocycles. The first-order valence-corrected chi connectivity index (χ1v) is 21.1. The molecule has 2 amide bonds. The predicted octanol–water partition coefficient (Wildman–Crippen LogP) is 6.95. The number of amides is 2. The lowest BCUT2D eigenvalue weighted by atomic mass is 10.1. The van der Waals surface area contributed by atoms with E-state index in [0.29, 0.717) is 16.1 Å². The van der Waals surface area contributed by atoms with Crippen molar-refractivity contribution in [3.8, 4) is 5.75 Å². The topological polar surface area (TPSA) is 102 Å². The summed E-state index contributed by atoms with van der Waals surface area (Å²) in [6.07, 6.45) is 10.2. The average molecular weight is 693 g/mol. The summed E-state index contributed by atoms with van der Waals surface area (Å²) in [6.45, 7) is 9.52. The van der Waals surface area contributed by atoms with E-state index < -0.39 is 35.8 Å². The normalized spacial score (nSPS) is 19.7. The van der Waals surface area contributed by atoms with Crippen molar-refractivity contribution in [1.29, 1.82) is 0 Å². The van der Waals surface area contributed by atoms with E-state index in [9.17, 15) is 19.2 Å². The molecule has 0 radical (unpaired) electrons. The monoisotopic (exact) mass is 692 g/mol. The van der Waals surface area contributed by atoms with Crippen LogP contribution in [-0.2, 0) is 23.9 Å². The Morgan fingerprint density at radius 2 is 1.65 bits per heavy atom. The van der Waals surface area contributed by atoms with Gasteiger partial charge in [-0.25, -0.2) is 9.59 Å². The van der Waals surface area contributed by atoms with Gasteiger partial charge in [0.2, 0.25) is 0 Å². The van der Waals surface area contributed by atoms with Crippen LogP contribution in [0.5, 0.6) is 5.75 Å². The lowest BCUT2D eigenvalue weighted by Gasteiger charge is -2.49. The van der Waals surface area contributed by atoms with Gasteiger partial charge in [0.15, 0.2) is 6.61 Å². The van der Waals surface area contributed by atoms with Gasteiger partial charge in [-0.15, -0.1) is 0 Å². The molecule has 2 aliphatic rings. The molecule has 0 aromatic heterocycles. The number of hydrogen-bond donors (Lipinski definition) is 1. The van der Waals surface area contributed by atoms with Crippen molar-refractivity contribution >= 4 is 59.6 Å². The minimum atomic E-state index is -2.20. The van der Waals surface area contributed by atoms with E-state index in [1.807, 2.05) is 39.0 Å². The molecule has 256 valence electrons. The molecule has 46 heavy (non-hydrogen) atoms. The molecule has 2 fully saturated rings. The maximum atomic E-state index is 14.4. The summed E-state index contributed by atoms with van der Waals surface area (Å²) in [7, 11) is 0. The van der Waals surface area contributed by atoms with E-state index >= 15 is 0 Å². The molecule has 3 rings (SSSR count). The molecule has 2 heterocycles. The molecule has 2 aliphatic heterocycles. The molecule has 8 nitrogen and oxygen atoms in total. The van der Waals surface area contributed by atoms with Crippen LogP contribution in [0.3, 0.4) is 0 Å². The van der Waals surface area contributed by atoms with Gasteiger partial charge < -0.3 is 14.8 Å². The molecule has 1 N–H and O–H groups in total. The highest BCUT2D eigenvalue weighted by Gasteiger charge is 2.55. The third-order valence-electron chi connectivity index (χ3n) is 8.12. The Labute approximate surface area is 284 Å². The largest absolute Gasteiger partial charge is 0.484 e. The van der Waals surface area contributed by atoms with Gasteiger partial charge in [-0.2, -0.15) is 11.8 Å². The summed E-state index contributed by atoms with van der Waals surface area (Å²) in [5.74, 6) is 2.43. The minimum absolute atomic E-state index is 0.0115. The fourth-order valence-corrected chi connectivity index (χ4v) is 13.8. The van der Waals surface area contributed by atoms with Crippen molar-refractivity contribution in [2.75, 3.05) is 30.8 Å². The van der Waals surface area contributed by atoms with Crippen LogP contribution in [-0.4, -0.2) is 87.2 Å². The summed E-state index contributed by atoms with van der Waals surface area (Å²) in [5, 5.41) is 2.20. The smallest absolute Gasteiger partial charge is 0.355 e. The zero-order valence-electron chi connectivity index (χ0n) is 28.5. The first kappa shape index (κ1) is 38.3. The number of unbranched alkanes of at least 4 members (excludes halogenated alkanes) is 3. The number of carbonyl (C=O) groups excluding carboxylic acids is 4. The minimum Gasteiger partial charge on any atom is -0.484 e. The molecule has 3 atom stereocenters. The summed E-state index contributed by atoms with van der Waals surface area (Å²) in [4.78, 5) is 56.3. The Balaban J connectivity index is 2.11. The maximum Gasteiger partial charge on any atom is 0.355 e.